The zero-order chi connectivity index (χ0) is 31.4. The molecule has 0 radical (unpaired) electrons. The number of hydrogen-bond donors (Lipinski definition) is 2. The number of aryl methyl sites for hydroxylation is 2. The Labute approximate surface area is 240 Å². The number of rotatable bonds is 9. The maximum atomic E-state index is 13.7. The average Bonchev–Trinajstić information content (AvgIpc) is 3.33. The van der Waals surface area contributed by atoms with Gasteiger partial charge in [-0.25, -0.2) is 14.5 Å². The zero-order valence-corrected chi connectivity index (χ0v) is 24.3. The summed E-state index contributed by atoms with van der Waals surface area (Å²) in [6.45, 7) is 6.75. The van der Waals surface area contributed by atoms with Gasteiger partial charge in [0.25, 0.3) is 5.56 Å². The quantitative estimate of drug-likeness (QED) is 0.183. The molecule has 3 rings (SSSR count). The fourth-order valence-electron chi connectivity index (χ4n) is 3.96. The Morgan fingerprint density at radius 3 is 2.24 bits per heavy atom. The van der Waals surface area contributed by atoms with E-state index < -0.39 is 29.0 Å². The minimum atomic E-state index is -4.72. The molecule has 0 bridgehead atoms. The van der Waals surface area contributed by atoms with Crippen LogP contribution >= 0.6 is 0 Å². The third-order valence-electron chi connectivity index (χ3n) is 6.24. The van der Waals surface area contributed by atoms with Crippen LogP contribution in [0.5, 0.6) is 11.5 Å². The van der Waals surface area contributed by atoms with E-state index >= 15 is 0 Å². The van der Waals surface area contributed by atoms with Gasteiger partial charge in [0.1, 0.15) is 22.9 Å². The number of pyridine rings is 1. The Morgan fingerprint density at radius 1 is 1.12 bits per heavy atom. The maximum absolute atomic E-state index is 13.7. The molecule has 2 heterocycles. The number of ether oxygens (including phenoxy) is 2. The van der Waals surface area contributed by atoms with Crippen molar-refractivity contribution in [3.63, 3.8) is 0 Å². The number of aromatic carboxylic acids is 1. The Hall–Kier alpha value is -4.81. The summed E-state index contributed by atoms with van der Waals surface area (Å²) < 4.78 is 53.8. The lowest BCUT2D eigenvalue weighted by molar-refractivity contribution is -0.141. The van der Waals surface area contributed by atoms with Gasteiger partial charge in [-0.15, -0.1) is 0 Å². The lowest BCUT2D eigenvalue weighted by Crippen LogP contribution is -2.24. The smallest absolute Gasteiger partial charge is 0.435 e. The van der Waals surface area contributed by atoms with Crippen LogP contribution in [-0.4, -0.2) is 45.5 Å². The largest absolute Gasteiger partial charge is 0.497 e. The highest BCUT2D eigenvalue weighted by Crippen LogP contribution is 2.33. The Balaban J connectivity index is 2.41. The number of nitrogens with zero attached hydrogens (tertiary/aromatic N) is 4. The van der Waals surface area contributed by atoms with Crippen molar-refractivity contribution in [1.82, 2.24) is 14.3 Å². The molecule has 0 saturated heterocycles. The normalized spacial score (nSPS) is 13.1. The van der Waals surface area contributed by atoms with E-state index in [2.05, 4.69) is 15.4 Å². The molecule has 42 heavy (non-hydrogen) atoms. The van der Waals surface area contributed by atoms with Gasteiger partial charge < -0.3 is 24.5 Å². The zero-order valence-electron chi connectivity index (χ0n) is 24.3. The molecule has 224 valence electrons. The summed E-state index contributed by atoms with van der Waals surface area (Å²) in [6.07, 6.45) is -1.07. The van der Waals surface area contributed by atoms with Crippen molar-refractivity contribution in [3.8, 4) is 11.5 Å². The predicted octanol–water partition coefficient (Wildman–Crippen LogP) is 5.84. The molecular weight excluding hydrogens is 555 g/mol. The fraction of sp³-hybridized carbons (Fsp3) is 0.310. The van der Waals surface area contributed by atoms with Crippen LogP contribution in [0.3, 0.4) is 0 Å². The minimum Gasteiger partial charge on any atom is -0.497 e. The van der Waals surface area contributed by atoms with Crippen molar-refractivity contribution in [2.24, 2.45) is 12.0 Å². The van der Waals surface area contributed by atoms with E-state index in [4.69, 9.17) is 9.47 Å². The van der Waals surface area contributed by atoms with Gasteiger partial charge in [-0.1, -0.05) is 18.6 Å². The number of nitrogens with one attached hydrogen (secondary N) is 1. The van der Waals surface area contributed by atoms with Crippen LogP contribution in [0.4, 0.5) is 18.9 Å². The van der Waals surface area contributed by atoms with Gasteiger partial charge in [0.15, 0.2) is 11.5 Å². The SMILES string of the molecule is CCC(C)=CC(=C(N=C(C)Nc1cc(OC)cc(OC)c1)n1nc(C(F)(F)F)cc1C)c1cc(C(=O)O)c(=O)n(C)c1. The number of allylic oxidation sites excluding steroid dienone is 3. The van der Waals surface area contributed by atoms with Crippen LogP contribution in [0, 0.1) is 6.92 Å². The van der Waals surface area contributed by atoms with Gasteiger partial charge in [-0.3, -0.25) is 4.79 Å². The van der Waals surface area contributed by atoms with Crippen molar-refractivity contribution < 1.29 is 32.5 Å². The molecule has 0 aliphatic heterocycles. The van der Waals surface area contributed by atoms with Crippen LogP contribution in [-0.2, 0) is 13.2 Å². The summed E-state index contributed by atoms with van der Waals surface area (Å²) in [7, 11) is 4.37. The highest BCUT2D eigenvalue weighted by atomic mass is 19.4. The molecule has 2 N–H and O–H groups in total. The van der Waals surface area contributed by atoms with Crippen molar-refractivity contribution in [2.75, 3.05) is 19.5 Å². The van der Waals surface area contributed by atoms with Gasteiger partial charge in [-0.05, 0) is 39.3 Å². The maximum Gasteiger partial charge on any atom is 0.435 e. The minimum absolute atomic E-state index is 0.0364. The molecule has 0 aliphatic carbocycles. The van der Waals surface area contributed by atoms with E-state index in [0.29, 0.717) is 23.6 Å². The predicted molar refractivity (Wildman–Crippen MR) is 154 cm³/mol. The van der Waals surface area contributed by atoms with Gasteiger partial charge >= 0.3 is 12.1 Å². The molecule has 0 saturated carbocycles. The number of carboxylic acid groups (broad SMARTS) is 1. The third kappa shape index (κ3) is 7.28. The summed E-state index contributed by atoms with van der Waals surface area (Å²) >= 11 is 0. The number of benzene rings is 1. The van der Waals surface area contributed by atoms with Crippen molar-refractivity contribution >= 4 is 28.9 Å². The van der Waals surface area contributed by atoms with E-state index in [1.165, 1.54) is 40.5 Å². The molecule has 2 aromatic heterocycles. The first-order valence-electron chi connectivity index (χ1n) is 12.7. The number of alkyl halides is 3. The second kappa shape index (κ2) is 12.8. The number of halogens is 3. The molecule has 0 atom stereocenters. The Kier molecular flexibility index (Phi) is 9.66. The summed E-state index contributed by atoms with van der Waals surface area (Å²) in [5, 5.41) is 16.6. The van der Waals surface area contributed by atoms with Crippen molar-refractivity contribution in [3.05, 3.63) is 81.0 Å². The molecule has 13 heteroatoms. The number of carboxylic acids is 1. The van der Waals surface area contributed by atoms with Crippen LogP contribution < -0.4 is 20.3 Å². The monoisotopic (exact) mass is 587 g/mol. The van der Waals surface area contributed by atoms with Crippen molar-refractivity contribution in [2.45, 2.75) is 40.3 Å². The van der Waals surface area contributed by atoms with E-state index in [-0.39, 0.29) is 28.5 Å². The molecular formula is C29H32F3N5O5. The summed E-state index contributed by atoms with van der Waals surface area (Å²) in [5.41, 5.74) is -0.434. The van der Waals surface area contributed by atoms with E-state index in [9.17, 15) is 27.9 Å². The van der Waals surface area contributed by atoms with Crippen LogP contribution in [0.25, 0.3) is 11.4 Å². The molecule has 0 unspecified atom stereocenters. The van der Waals surface area contributed by atoms with Gasteiger partial charge in [-0.2, -0.15) is 18.3 Å². The highest BCUT2D eigenvalue weighted by Gasteiger charge is 2.35. The number of aliphatic imine (C=N–C) groups is 1. The first-order valence-corrected chi connectivity index (χ1v) is 12.7. The Morgan fingerprint density at radius 2 is 1.74 bits per heavy atom. The van der Waals surface area contributed by atoms with Crippen LogP contribution in [0.1, 0.15) is 54.5 Å². The molecule has 0 spiro atoms. The molecule has 0 aliphatic rings. The van der Waals surface area contributed by atoms with E-state index in [1.54, 1.807) is 31.2 Å². The number of methoxy groups -OCH3 is 2. The van der Waals surface area contributed by atoms with Crippen LogP contribution in [0.15, 0.2) is 58.0 Å². The first-order chi connectivity index (χ1) is 19.7. The number of carbonyl (C=O) groups is 1. The molecule has 0 amide bonds. The summed E-state index contributed by atoms with van der Waals surface area (Å²) in [5.74, 6) is -0.242. The van der Waals surface area contributed by atoms with Gasteiger partial charge in [0.2, 0.25) is 0 Å². The van der Waals surface area contributed by atoms with Gasteiger partial charge in [0.05, 0.1) is 14.2 Å². The van der Waals surface area contributed by atoms with E-state index in [0.717, 1.165) is 20.9 Å². The fourth-order valence-corrected chi connectivity index (χ4v) is 3.96. The topological polar surface area (TPSA) is 120 Å². The van der Waals surface area contributed by atoms with Gasteiger partial charge in [0, 0.05) is 54.0 Å². The number of hydrogen-bond acceptors (Lipinski definition) is 6. The summed E-state index contributed by atoms with van der Waals surface area (Å²) in [4.78, 5) is 29.0. The summed E-state index contributed by atoms with van der Waals surface area (Å²) in [6, 6.07) is 7.10. The molecule has 0 fully saturated rings. The first kappa shape index (κ1) is 31.7. The highest BCUT2D eigenvalue weighted by molar-refractivity contribution is 6.00. The number of amidine groups is 1. The molecule has 1 aromatic carbocycles. The van der Waals surface area contributed by atoms with Crippen LogP contribution in [0.2, 0.25) is 0 Å². The molecule has 3 aromatic rings. The number of anilines is 1. The van der Waals surface area contributed by atoms with Crippen molar-refractivity contribution in [1.29, 1.82) is 0 Å². The molecule has 10 nitrogen and oxygen atoms in total. The number of aromatic nitrogens is 3. The average molecular weight is 588 g/mol. The second-order valence-corrected chi connectivity index (χ2v) is 9.45. The van der Waals surface area contributed by atoms with E-state index in [1.807, 2.05) is 13.8 Å². The lowest BCUT2D eigenvalue weighted by Gasteiger charge is -2.16. The Bertz CT molecular complexity index is 1630. The standard InChI is InChI=1S/C29H32F3N5O5/c1-8-16(2)9-23(19-11-24(28(39)40)27(38)36(5)15-19)26(37-17(3)10-25(35-37)29(30,31)32)34-18(4)33-20-12-21(41-6)14-22(13-20)42-7/h9-15H,8H2,1-7H3,(H,33,34)(H,39,40). The third-order valence-corrected chi connectivity index (χ3v) is 6.24. The lowest BCUT2D eigenvalue weighted by atomic mass is 10.0. The second-order valence-electron chi connectivity index (χ2n) is 9.45.